The number of rotatable bonds is 14. The average molecular weight is 484 g/mol. The lowest BCUT2D eigenvalue weighted by Crippen LogP contribution is -2.37. The van der Waals surface area contributed by atoms with Crippen LogP contribution < -0.4 is 5.32 Å². The quantitative estimate of drug-likeness (QED) is 0.255. The maximum atomic E-state index is 12.3. The van der Waals surface area contributed by atoms with Gasteiger partial charge in [-0.05, 0) is 51.5 Å². The molecule has 1 aromatic carbocycles. The summed E-state index contributed by atoms with van der Waals surface area (Å²) in [6.07, 6.45) is 5.07. The van der Waals surface area contributed by atoms with E-state index in [0.29, 0.717) is 13.0 Å². The van der Waals surface area contributed by atoms with Crippen molar-refractivity contribution >= 4 is 27.5 Å². The maximum Gasteiger partial charge on any atom is 0.220 e. The van der Waals surface area contributed by atoms with E-state index in [0.717, 1.165) is 62.2 Å². The van der Waals surface area contributed by atoms with E-state index in [-0.39, 0.29) is 29.0 Å². The summed E-state index contributed by atoms with van der Waals surface area (Å²) in [4.78, 5) is 12.3. The molecule has 1 heterocycles. The molecule has 5 nitrogen and oxygen atoms in total. The van der Waals surface area contributed by atoms with Gasteiger partial charge in [0.25, 0.3) is 0 Å². The molecule has 1 amide bonds. The number of aliphatic hydroxyl groups is 1. The van der Waals surface area contributed by atoms with E-state index in [2.05, 4.69) is 33.0 Å². The van der Waals surface area contributed by atoms with Crippen molar-refractivity contribution in [2.24, 2.45) is 5.41 Å². The van der Waals surface area contributed by atoms with Crippen LogP contribution in [-0.4, -0.2) is 41.3 Å². The summed E-state index contributed by atoms with van der Waals surface area (Å²) in [7, 11) is 3.67. The van der Waals surface area contributed by atoms with Crippen molar-refractivity contribution in [3.63, 3.8) is 0 Å². The van der Waals surface area contributed by atoms with Gasteiger partial charge in [-0.1, -0.05) is 59.7 Å². The number of benzene rings is 1. The monoisotopic (exact) mass is 483 g/mol. The third kappa shape index (κ3) is 9.26. The fraction of sp³-hybridized carbons (Fsp3) is 0.720. The lowest BCUT2D eigenvalue weighted by molar-refractivity contribution is -0.235. The van der Waals surface area contributed by atoms with Gasteiger partial charge in [0.15, 0.2) is 6.29 Å². The summed E-state index contributed by atoms with van der Waals surface area (Å²) < 4.78 is 12.1. The van der Waals surface area contributed by atoms with Crippen LogP contribution in [0.15, 0.2) is 24.3 Å². The molecule has 0 aromatic heterocycles. The number of aliphatic hydroxyl groups excluding tert-OH is 1. The summed E-state index contributed by atoms with van der Waals surface area (Å²) in [6.45, 7) is 11.0. The Kier molecular flexibility index (Phi) is 11.9. The molecule has 1 aromatic rings. The zero-order valence-electron chi connectivity index (χ0n) is 20.2. The Hall–Kier alpha value is -0.730. The third-order valence-electron chi connectivity index (χ3n) is 6.20. The standard InChI is InChI=1S/C25H41NO4S2/c1-5-25(6-2)18-29-23(30-19-25)21-11-9-20(10-12-21)17-26-22(28)13-14-24(3,4)32-31-16-8-7-15-27/h9-12,23,27H,5-8,13-19H2,1-4H3,(H,26,28). The molecule has 1 fully saturated rings. The number of ether oxygens (including phenoxy) is 2. The van der Waals surface area contributed by atoms with Crippen LogP contribution >= 0.6 is 21.6 Å². The number of hydrogen-bond acceptors (Lipinski definition) is 6. The number of carbonyl (C=O) groups is 1. The molecule has 1 aliphatic heterocycles. The fourth-order valence-corrected chi connectivity index (χ4v) is 6.18. The zero-order valence-corrected chi connectivity index (χ0v) is 21.8. The predicted molar refractivity (Wildman–Crippen MR) is 136 cm³/mol. The Morgan fingerprint density at radius 1 is 1.16 bits per heavy atom. The van der Waals surface area contributed by atoms with Gasteiger partial charge in [-0.3, -0.25) is 4.79 Å². The molecular weight excluding hydrogens is 442 g/mol. The van der Waals surface area contributed by atoms with Gasteiger partial charge in [-0.25, -0.2) is 0 Å². The first kappa shape index (κ1) is 27.5. The molecule has 0 spiro atoms. The van der Waals surface area contributed by atoms with Crippen molar-refractivity contribution < 1.29 is 19.4 Å². The molecule has 1 aliphatic rings. The number of nitrogens with one attached hydrogen (secondary N) is 1. The van der Waals surface area contributed by atoms with Crippen LogP contribution in [0.1, 0.15) is 83.6 Å². The molecule has 0 aliphatic carbocycles. The molecule has 0 unspecified atom stereocenters. The van der Waals surface area contributed by atoms with Gasteiger partial charge in [0.1, 0.15) is 0 Å². The highest BCUT2D eigenvalue weighted by molar-refractivity contribution is 8.77. The second-order valence-electron chi connectivity index (χ2n) is 9.28. The molecular formula is C25H41NO4S2. The Morgan fingerprint density at radius 2 is 1.81 bits per heavy atom. The fourth-order valence-electron chi connectivity index (χ4n) is 3.46. The van der Waals surface area contributed by atoms with Crippen molar-refractivity contribution in [2.75, 3.05) is 25.6 Å². The number of amides is 1. The number of carbonyl (C=O) groups excluding carboxylic acids is 1. The summed E-state index contributed by atoms with van der Waals surface area (Å²) in [5.41, 5.74) is 2.24. The lowest BCUT2D eigenvalue weighted by atomic mass is 9.83. The molecule has 0 saturated carbocycles. The molecule has 0 radical (unpaired) electrons. The molecule has 0 atom stereocenters. The Labute approximate surface area is 202 Å². The maximum absolute atomic E-state index is 12.3. The van der Waals surface area contributed by atoms with Crippen molar-refractivity contribution in [1.29, 1.82) is 0 Å². The van der Waals surface area contributed by atoms with Crippen molar-refractivity contribution in [1.82, 2.24) is 5.32 Å². The van der Waals surface area contributed by atoms with E-state index in [1.807, 2.05) is 45.9 Å². The first-order chi connectivity index (χ1) is 15.3. The molecule has 0 bridgehead atoms. The highest BCUT2D eigenvalue weighted by Gasteiger charge is 2.34. The largest absolute Gasteiger partial charge is 0.396 e. The van der Waals surface area contributed by atoms with Crippen molar-refractivity contribution in [2.45, 2.75) is 83.8 Å². The van der Waals surface area contributed by atoms with E-state index < -0.39 is 0 Å². The topological polar surface area (TPSA) is 67.8 Å². The molecule has 182 valence electrons. The van der Waals surface area contributed by atoms with Crippen LogP contribution in [0.4, 0.5) is 0 Å². The summed E-state index contributed by atoms with van der Waals surface area (Å²) >= 11 is 0. The average Bonchev–Trinajstić information content (AvgIpc) is 2.82. The summed E-state index contributed by atoms with van der Waals surface area (Å²) in [5.74, 6) is 1.12. The van der Waals surface area contributed by atoms with Crippen LogP contribution in [0.3, 0.4) is 0 Å². The number of hydrogen-bond donors (Lipinski definition) is 2. The highest BCUT2D eigenvalue weighted by Crippen LogP contribution is 2.39. The van der Waals surface area contributed by atoms with Gasteiger partial charge >= 0.3 is 0 Å². The van der Waals surface area contributed by atoms with E-state index in [4.69, 9.17) is 14.6 Å². The first-order valence-corrected chi connectivity index (χ1v) is 14.2. The van der Waals surface area contributed by atoms with Crippen molar-refractivity contribution in [3.05, 3.63) is 35.4 Å². The van der Waals surface area contributed by atoms with Gasteiger partial charge in [0.05, 0.1) is 13.2 Å². The molecule has 7 heteroatoms. The smallest absolute Gasteiger partial charge is 0.220 e. The highest BCUT2D eigenvalue weighted by atomic mass is 33.1. The van der Waals surface area contributed by atoms with Crippen LogP contribution in [-0.2, 0) is 20.8 Å². The molecule has 32 heavy (non-hydrogen) atoms. The van der Waals surface area contributed by atoms with Gasteiger partial charge in [-0.15, -0.1) is 0 Å². The van der Waals surface area contributed by atoms with E-state index in [1.54, 1.807) is 0 Å². The molecule has 1 saturated heterocycles. The summed E-state index contributed by atoms with van der Waals surface area (Å²) in [6, 6.07) is 8.13. The predicted octanol–water partition coefficient (Wildman–Crippen LogP) is 5.87. The van der Waals surface area contributed by atoms with Crippen LogP contribution in [0.5, 0.6) is 0 Å². The normalized spacial score (nSPS) is 16.8. The Bertz CT molecular complexity index is 667. The first-order valence-electron chi connectivity index (χ1n) is 11.8. The lowest BCUT2D eigenvalue weighted by Gasteiger charge is -2.39. The zero-order chi connectivity index (χ0) is 23.5. The van der Waals surface area contributed by atoms with Gasteiger partial charge < -0.3 is 19.9 Å². The van der Waals surface area contributed by atoms with Crippen LogP contribution in [0.25, 0.3) is 0 Å². The minimum atomic E-state index is -0.300. The SMILES string of the molecule is CCC1(CC)COC(c2ccc(CNC(=O)CCC(C)(C)SSCCCCO)cc2)OC1. The Balaban J connectivity index is 1.69. The molecule has 2 N–H and O–H groups in total. The Morgan fingerprint density at radius 3 is 2.41 bits per heavy atom. The minimum Gasteiger partial charge on any atom is -0.396 e. The van der Waals surface area contributed by atoms with Crippen LogP contribution in [0.2, 0.25) is 0 Å². The minimum absolute atomic E-state index is 0.0516. The second-order valence-corrected chi connectivity index (χ2v) is 12.4. The number of unbranched alkanes of at least 4 members (excludes halogenated alkanes) is 1. The van der Waals surface area contributed by atoms with Crippen molar-refractivity contribution in [3.8, 4) is 0 Å². The third-order valence-corrected chi connectivity index (χ3v) is 9.63. The van der Waals surface area contributed by atoms with E-state index in [9.17, 15) is 4.79 Å². The second kappa shape index (κ2) is 13.9. The summed E-state index contributed by atoms with van der Waals surface area (Å²) in [5, 5.41) is 11.9. The van der Waals surface area contributed by atoms with Gasteiger partial charge in [0, 0.05) is 41.1 Å². The van der Waals surface area contributed by atoms with E-state index >= 15 is 0 Å². The van der Waals surface area contributed by atoms with Gasteiger partial charge in [-0.2, -0.15) is 0 Å². The van der Waals surface area contributed by atoms with Crippen LogP contribution in [0, 0.1) is 5.41 Å². The van der Waals surface area contributed by atoms with Gasteiger partial charge in [0.2, 0.25) is 5.91 Å². The molecule has 2 rings (SSSR count). The van der Waals surface area contributed by atoms with E-state index in [1.165, 1.54) is 0 Å².